The third-order valence-corrected chi connectivity index (χ3v) is 9.09. The maximum absolute atomic E-state index is 11.3. The minimum Gasteiger partial charge on any atom is -0.507 e. The first kappa shape index (κ1) is 36.4. The Morgan fingerprint density at radius 2 is 0.900 bits per heavy atom. The molecular weight excluding hydrogens is 613 g/mol. The van der Waals surface area contributed by atoms with Gasteiger partial charge in [-0.2, -0.15) is 0 Å². The van der Waals surface area contributed by atoms with Gasteiger partial charge in [0.15, 0.2) is 0 Å². The summed E-state index contributed by atoms with van der Waals surface area (Å²) >= 11 is 0. The molecule has 5 heteroatoms. The Kier molecular flexibility index (Phi) is 11.2. The molecule has 0 radical (unpaired) electrons. The molecule has 0 bridgehead atoms. The van der Waals surface area contributed by atoms with Gasteiger partial charge in [-0.1, -0.05) is 73.6 Å². The SMILES string of the molecule is CC(C)CC(C)N(Cc1cc(C(C)(C)C)c(O)c(C(C)(C)C)c1)c1ccc(Nc2ccc(Nc3ccc(Nc4ccccc4)cc3)cc2)cc1. The van der Waals surface area contributed by atoms with Gasteiger partial charge in [-0.3, -0.25) is 0 Å². The van der Waals surface area contributed by atoms with Crippen LogP contribution in [0.25, 0.3) is 0 Å². The smallest absolute Gasteiger partial charge is 0.123 e. The van der Waals surface area contributed by atoms with Crippen molar-refractivity contribution in [3.8, 4) is 5.75 Å². The first-order valence-corrected chi connectivity index (χ1v) is 18.0. The number of hydrogen-bond acceptors (Lipinski definition) is 5. The Morgan fingerprint density at radius 1 is 0.540 bits per heavy atom. The van der Waals surface area contributed by atoms with Crippen molar-refractivity contribution >= 4 is 39.8 Å². The van der Waals surface area contributed by atoms with Crippen LogP contribution in [0.3, 0.4) is 0 Å². The van der Waals surface area contributed by atoms with Crippen molar-refractivity contribution in [1.29, 1.82) is 0 Å². The molecule has 1 atom stereocenters. The Labute approximate surface area is 300 Å². The monoisotopic (exact) mass is 668 g/mol. The number of rotatable bonds is 12. The number of aromatic hydroxyl groups is 1. The van der Waals surface area contributed by atoms with Crippen LogP contribution in [0.2, 0.25) is 0 Å². The van der Waals surface area contributed by atoms with Gasteiger partial charge in [-0.15, -0.1) is 0 Å². The normalized spacial score (nSPS) is 12.4. The maximum atomic E-state index is 11.3. The number of para-hydroxylation sites is 1. The molecule has 0 saturated carbocycles. The van der Waals surface area contributed by atoms with Crippen LogP contribution in [-0.4, -0.2) is 11.1 Å². The van der Waals surface area contributed by atoms with Gasteiger partial charge in [0.1, 0.15) is 5.75 Å². The van der Waals surface area contributed by atoms with Crippen LogP contribution in [0.4, 0.5) is 39.8 Å². The highest BCUT2D eigenvalue weighted by atomic mass is 16.3. The second kappa shape index (κ2) is 15.3. The van der Waals surface area contributed by atoms with Gasteiger partial charge in [0, 0.05) is 52.4 Å². The second-order valence-corrected chi connectivity index (χ2v) is 16.1. The Bertz CT molecular complexity index is 1780. The summed E-state index contributed by atoms with van der Waals surface area (Å²) in [6.07, 6.45) is 1.09. The fourth-order valence-corrected chi connectivity index (χ4v) is 6.47. The summed E-state index contributed by atoms with van der Waals surface area (Å²) in [5, 5.41) is 21.8. The Morgan fingerprint density at radius 3 is 1.26 bits per heavy atom. The highest BCUT2D eigenvalue weighted by Gasteiger charge is 2.27. The van der Waals surface area contributed by atoms with Crippen LogP contribution in [-0.2, 0) is 17.4 Å². The lowest BCUT2D eigenvalue weighted by atomic mass is 9.78. The third-order valence-electron chi connectivity index (χ3n) is 9.09. The summed E-state index contributed by atoms with van der Waals surface area (Å²) in [5.74, 6) is 1.01. The number of nitrogens with zero attached hydrogens (tertiary/aromatic N) is 1. The molecule has 0 saturated heterocycles. The van der Waals surface area contributed by atoms with Crippen LogP contribution in [0.5, 0.6) is 5.75 Å². The fourth-order valence-electron chi connectivity index (χ4n) is 6.47. The second-order valence-electron chi connectivity index (χ2n) is 16.1. The van der Waals surface area contributed by atoms with E-state index in [4.69, 9.17) is 0 Å². The van der Waals surface area contributed by atoms with Crippen molar-refractivity contribution < 1.29 is 5.11 Å². The minimum atomic E-state index is -0.165. The molecule has 0 aromatic heterocycles. The molecule has 0 aliphatic carbocycles. The number of anilines is 7. The average Bonchev–Trinajstić information content (AvgIpc) is 3.05. The van der Waals surface area contributed by atoms with Gasteiger partial charge in [0.05, 0.1) is 0 Å². The molecular formula is C45H56N4O. The highest BCUT2D eigenvalue weighted by Crippen LogP contribution is 2.40. The zero-order valence-corrected chi connectivity index (χ0v) is 31.4. The molecule has 5 aromatic carbocycles. The van der Waals surface area contributed by atoms with Gasteiger partial charge in [-0.05, 0) is 144 Å². The standard InChI is InChI=1S/C45H56N4O/c1-31(2)27-32(3)49(30-33-28-41(44(4,5)6)43(50)42(29-33)45(7,8)9)40-25-23-39(24-26-40)48-38-21-19-37(20-22-38)47-36-17-15-35(16-18-36)46-34-13-11-10-12-14-34/h10-26,28-29,31-32,46-48,50H,27,30H2,1-9H3. The molecule has 1 unspecified atom stereocenters. The average molecular weight is 669 g/mol. The minimum absolute atomic E-state index is 0.165. The molecule has 0 spiro atoms. The number of phenols is 1. The number of benzene rings is 5. The van der Waals surface area contributed by atoms with Gasteiger partial charge >= 0.3 is 0 Å². The Hall–Kier alpha value is -4.90. The Balaban J connectivity index is 1.28. The fraction of sp³-hybridized carbons (Fsp3) is 0.333. The molecule has 0 fully saturated rings. The molecule has 5 aromatic rings. The summed E-state index contributed by atoms with van der Waals surface area (Å²) in [5.41, 5.74) is 10.4. The van der Waals surface area contributed by atoms with E-state index in [9.17, 15) is 5.11 Å². The van der Waals surface area contributed by atoms with Gasteiger partial charge in [-0.25, -0.2) is 0 Å². The summed E-state index contributed by atoms with van der Waals surface area (Å²) < 4.78 is 0. The van der Waals surface area contributed by atoms with Gasteiger partial charge in [0.25, 0.3) is 0 Å². The molecule has 0 amide bonds. The maximum Gasteiger partial charge on any atom is 0.123 e. The zero-order valence-electron chi connectivity index (χ0n) is 31.4. The number of phenolic OH excluding ortho intramolecular Hbond substituents is 1. The zero-order chi connectivity index (χ0) is 36.1. The van der Waals surface area contributed by atoms with Crippen molar-refractivity contribution in [3.63, 3.8) is 0 Å². The highest BCUT2D eigenvalue weighted by molar-refractivity contribution is 5.69. The molecule has 5 rings (SSSR count). The van der Waals surface area contributed by atoms with Crippen molar-refractivity contribution in [2.45, 2.75) is 92.2 Å². The lowest BCUT2D eigenvalue weighted by Gasteiger charge is -2.34. The predicted molar refractivity (Wildman–Crippen MR) is 216 cm³/mol. The van der Waals surface area contributed by atoms with Crippen LogP contribution >= 0.6 is 0 Å². The van der Waals surface area contributed by atoms with E-state index < -0.39 is 0 Å². The molecule has 262 valence electrons. The van der Waals surface area contributed by atoms with Crippen molar-refractivity contribution in [1.82, 2.24) is 0 Å². The first-order valence-electron chi connectivity index (χ1n) is 18.0. The van der Waals surface area contributed by atoms with Crippen LogP contribution < -0.4 is 20.9 Å². The lowest BCUT2D eigenvalue weighted by molar-refractivity contribution is 0.422. The molecule has 5 nitrogen and oxygen atoms in total. The van der Waals surface area contributed by atoms with Crippen molar-refractivity contribution in [2.75, 3.05) is 20.9 Å². The largest absolute Gasteiger partial charge is 0.507 e. The van der Waals surface area contributed by atoms with Gasteiger partial charge in [0.2, 0.25) is 0 Å². The van der Waals surface area contributed by atoms with E-state index in [1.165, 1.54) is 11.3 Å². The quantitative estimate of drug-likeness (QED) is 0.107. The van der Waals surface area contributed by atoms with E-state index >= 15 is 0 Å². The van der Waals surface area contributed by atoms with E-state index in [0.29, 0.717) is 17.7 Å². The van der Waals surface area contributed by atoms with Crippen LogP contribution in [0, 0.1) is 5.92 Å². The molecule has 50 heavy (non-hydrogen) atoms. The molecule has 0 heterocycles. The van der Waals surface area contributed by atoms with E-state index in [0.717, 1.165) is 58.2 Å². The number of hydrogen-bond donors (Lipinski definition) is 4. The topological polar surface area (TPSA) is 59.6 Å². The molecule has 0 aliphatic rings. The van der Waals surface area contributed by atoms with E-state index in [-0.39, 0.29) is 10.8 Å². The summed E-state index contributed by atoms with van der Waals surface area (Å²) in [6, 6.07) is 40.5. The first-order chi connectivity index (χ1) is 23.7. The van der Waals surface area contributed by atoms with E-state index in [2.05, 4.69) is 180 Å². The van der Waals surface area contributed by atoms with Gasteiger partial charge < -0.3 is 26.0 Å². The number of nitrogens with one attached hydrogen (secondary N) is 3. The molecule has 4 N–H and O–H groups in total. The lowest BCUT2D eigenvalue weighted by Crippen LogP contribution is -2.34. The van der Waals surface area contributed by atoms with E-state index in [1.54, 1.807) is 0 Å². The summed E-state index contributed by atoms with van der Waals surface area (Å²) in [6.45, 7) is 20.7. The van der Waals surface area contributed by atoms with Crippen molar-refractivity contribution in [3.05, 3.63) is 132 Å². The van der Waals surface area contributed by atoms with Crippen LogP contribution in [0.15, 0.2) is 115 Å². The van der Waals surface area contributed by atoms with Crippen LogP contribution in [0.1, 0.15) is 85.4 Å². The summed E-state index contributed by atoms with van der Waals surface area (Å²) in [7, 11) is 0. The predicted octanol–water partition coefficient (Wildman–Crippen LogP) is 12.7. The molecule has 0 aliphatic heterocycles. The van der Waals surface area contributed by atoms with Crippen molar-refractivity contribution in [2.24, 2.45) is 5.92 Å². The van der Waals surface area contributed by atoms with E-state index in [1.807, 2.05) is 18.2 Å². The summed E-state index contributed by atoms with van der Waals surface area (Å²) in [4.78, 5) is 2.51. The third kappa shape index (κ3) is 9.62.